The summed E-state index contributed by atoms with van der Waals surface area (Å²) in [6, 6.07) is 13.9. The number of aliphatic hydroxyl groups is 1. The summed E-state index contributed by atoms with van der Waals surface area (Å²) in [5.74, 6) is 0.550. The Labute approximate surface area is 255 Å². The van der Waals surface area contributed by atoms with Gasteiger partial charge in [-0.15, -0.1) is 0 Å². The number of pyridine rings is 1. The van der Waals surface area contributed by atoms with Crippen molar-refractivity contribution in [2.75, 3.05) is 7.05 Å². The van der Waals surface area contributed by atoms with Crippen molar-refractivity contribution in [2.24, 2.45) is 0 Å². The minimum atomic E-state index is -0.643. The first-order valence-corrected chi connectivity index (χ1v) is 15.5. The number of hydrogen-bond acceptors (Lipinski definition) is 4. The molecule has 2 aliphatic rings. The maximum Gasteiger partial charge on any atom is 0.410 e. The molecule has 6 heteroatoms. The molecule has 5 rings (SSSR count). The van der Waals surface area contributed by atoms with Crippen LogP contribution in [0.3, 0.4) is 0 Å². The number of nitrogens with zero attached hydrogens (tertiary/aromatic N) is 2. The van der Waals surface area contributed by atoms with E-state index in [2.05, 4.69) is 43.4 Å². The highest BCUT2D eigenvalue weighted by Crippen LogP contribution is 2.41. The second-order valence-electron chi connectivity index (χ2n) is 12.8. The molecule has 3 aromatic rings. The summed E-state index contributed by atoms with van der Waals surface area (Å²) < 4.78 is 7.30. The van der Waals surface area contributed by atoms with E-state index in [0.717, 1.165) is 42.2 Å². The molecule has 0 unspecified atom stereocenters. The van der Waals surface area contributed by atoms with Crippen molar-refractivity contribution in [3.63, 3.8) is 0 Å². The van der Waals surface area contributed by atoms with Crippen LogP contribution in [-0.4, -0.2) is 33.3 Å². The molecule has 2 aliphatic carbocycles. The monoisotopic (exact) mass is 580 g/mol. The Kier molecular flexibility index (Phi) is 9.07. The molecule has 226 valence electrons. The predicted molar refractivity (Wildman–Crippen MR) is 174 cm³/mol. The van der Waals surface area contributed by atoms with Gasteiger partial charge in [-0.1, -0.05) is 67.5 Å². The van der Waals surface area contributed by atoms with Crippen molar-refractivity contribution in [3.05, 3.63) is 105 Å². The van der Waals surface area contributed by atoms with Crippen LogP contribution in [0.5, 0.6) is 0 Å². The van der Waals surface area contributed by atoms with Crippen LogP contribution in [0.2, 0.25) is 0 Å². The van der Waals surface area contributed by atoms with Gasteiger partial charge in [-0.25, -0.2) is 4.79 Å². The zero-order chi connectivity index (χ0) is 30.7. The van der Waals surface area contributed by atoms with E-state index in [0.29, 0.717) is 28.2 Å². The lowest BCUT2D eigenvalue weighted by Gasteiger charge is -2.26. The van der Waals surface area contributed by atoms with E-state index in [1.165, 1.54) is 28.9 Å². The molecule has 1 saturated carbocycles. The number of amides is 1. The molecular weight excluding hydrogens is 536 g/mol. The van der Waals surface area contributed by atoms with E-state index in [1.807, 2.05) is 51.1 Å². The molecule has 6 nitrogen and oxygen atoms in total. The Balaban J connectivity index is 1.69. The summed E-state index contributed by atoms with van der Waals surface area (Å²) >= 11 is 0. The van der Waals surface area contributed by atoms with Gasteiger partial charge in [-0.2, -0.15) is 0 Å². The second kappa shape index (κ2) is 12.8. The third-order valence-electron chi connectivity index (χ3n) is 8.05. The smallest absolute Gasteiger partial charge is 0.410 e. The van der Waals surface area contributed by atoms with Crippen LogP contribution >= 0.6 is 0 Å². The summed E-state index contributed by atoms with van der Waals surface area (Å²) in [5, 5.41) is 12.3. The molecule has 1 fully saturated rings. The third-order valence-corrected chi connectivity index (χ3v) is 8.05. The maximum atomic E-state index is 14.3. The summed E-state index contributed by atoms with van der Waals surface area (Å²) in [4.78, 5) is 28.8. The first-order valence-electron chi connectivity index (χ1n) is 15.5. The Morgan fingerprint density at radius 3 is 2.60 bits per heavy atom. The third kappa shape index (κ3) is 7.02. The van der Waals surface area contributed by atoms with Gasteiger partial charge in [0.15, 0.2) is 0 Å². The SMILES string of the molecule is CCCC1=CCC/C=C/C(c2cccc(-n3c(CN(C)C(=O)OC(C)(C)C)cc4cc(C5CC5)ccc4c3=O)c2CO)=C1. The van der Waals surface area contributed by atoms with Crippen LogP contribution in [0, 0.1) is 0 Å². The van der Waals surface area contributed by atoms with Gasteiger partial charge < -0.3 is 14.7 Å². The first kappa shape index (κ1) is 30.6. The summed E-state index contributed by atoms with van der Waals surface area (Å²) in [7, 11) is 1.68. The van der Waals surface area contributed by atoms with Crippen LogP contribution < -0.4 is 5.56 Å². The topological polar surface area (TPSA) is 71.8 Å². The molecular formula is C37H44N2O4. The molecule has 0 saturated heterocycles. The lowest BCUT2D eigenvalue weighted by Crippen LogP contribution is -2.35. The normalized spacial score (nSPS) is 16.2. The molecule has 0 radical (unpaired) electrons. The highest BCUT2D eigenvalue weighted by Gasteiger charge is 2.26. The zero-order valence-corrected chi connectivity index (χ0v) is 26.2. The van der Waals surface area contributed by atoms with Gasteiger partial charge >= 0.3 is 6.09 Å². The van der Waals surface area contributed by atoms with Crippen LogP contribution in [-0.2, 0) is 17.9 Å². The van der Waals surface area contributed by atoms with Gasteiger partial charge in [0.1, 0.15) is 5.60 Å². The minimum absolute atomic E-state index is 0.162. The molecule has 0 atom stereocenters. The number of carbonyl (C=O) groups is 1. The molecule has 1 N–H and O–H groups in total. The fraction of sp³-hybridized carbons (Fsp3) is 0.405. The zero-order valence-electron chi connectivity index (χ0n) is 26.2. The molecule has 0 aliphatic heterocycles. The molecule has 2 aromatic carbocycles. The number of aromatic nitrogens is 1. The number of allylic oxidation sites excluding steroid dienone is 6. The van der Waals surface area contributed by atoms with E-state index in [9.17, 15) is 14.7 Å². The largest absolute Gasteiger partial charge is 0.444 e. The highest BCUT2D eigenvalue weighted by molar-refractivity contribution is 5.84. The summed E-state index contributed by atoms with van der Waals surface area (Å²) in [6.45, 7) is 7.61. The van der Waals surface area contributed by atoms with Crippen LogP contribution in [0.25, 0.3) is 22.0 Å². The maximum absolute atomic E-state index is 14.3. The van der Waals surface area contributed by atoms with Crippen molar-refractivity contribution in [2.45, 2.75) is 90.9 Å². The van der Waals surface area contributed by atoms with Gasteiger partial charge in [-0.05, 0) is 99.1 Å². The lowest BCUT2D eigenvalue weighted by molar-refractivity contribution is 0.0282. The molecule has 1 aromatic heterocycles. The molecule has 43 heavy (non-hydrogen) atoms. The van der Waals surface area contributed by atoms with Crippen LogP contribution in [0.4, 0.5) is 4.79 Å². The number of hydrogen-bond donors (Lipinski definition) is 1. The number of ether oxygens (including phenoxy) is 1. The average Bonchev–Trinajstić information content (AvgIpc) is 3.79. The van der Waals surface area contributed by atoms with Gasteiger partial charge in [0.2, 0.25) is 0 Å². The fourth-order valence-corrected chi connectivity index (χ4v) is 5.82. The van der Waals surface area contributed by atoms with Gasteiger partial charge in [-0.3, -0.25) is 9.36 Å². The van der Waals surface area contributed by atoms with Crippen molar-refractivity contribution in [1.82, 2.24) is 9.47 Å². The number of carbonyl (C=O) groups excluding carboxylic acids is 1. The molecule has 1 heterocycles. The van der Waals surface area contributed by atoms with Crippen LogP contribution in [0.15, 0.2) is 77.1 Å². The van der Waals surface area contributed by atoms with Crippen molar-refractivity contribution >= 4 is 22.4 Å². The summed E-state index contributed by atoms with van der Waals surface area (Å²) in [6.07, 6.45) is 14.7. The number of rotatable bonds is 8. The van der Waals surface area contributed by atoms with E-state index >= 15 is 0 Å². The number of benzene rings is 2. The van der Waals surface area contributed by atoms with E-state index in [-0.39, 0.29) is 18.7 Å². The Bertz CT molecular complexity index is 1660. The predicted octanol–water partition coefficient (Wildman–Crippen LogP) is 8.19. The quantitative estimate of drug-likeness (QED) is 0.292. The van der Waals surface area contributed by atoms with E-state index in [1.54, 1.807) is 11.6 Å². The minimum Gasteiger partial charge on any atom is -0.444 e. The van der Waals surface area contributed by atoms with Crippen molar-refractivity contribution in [3.8, 4) is 5.69 Å². The second-order valence-corrected chi connectivity index (χ2v) is 12.8. The molecule has 0 bridgehead atoms. The van der Waals surface area contributed by atoms with E-state index in [4.69, 9.17) is 4.74 Å². The molecule has 0 spiro atoms. The van der Waals surface area contributed by atoms with Crippen molar-refractivity contribution < 1.29 is 14.6 Å². The Morgan fingerprint density at radius 2 is 1.91 bits per heavy atom. The average molecular weight is 581 g/mol. The van der Waals surface area contributed by atoms with Crippen LogP contribution in [0.1, 0.15) is 94.5 Å². The standard InChI is InChI=1S/C37H44N2O4/c1-6-11-25-12-8-7-9-13-28(20-25)31-14-10-15-34(33(31)24-40)39-30(23-38(5)36(42)43-37(2,3)4)22-29-21-27(26-16-17-26)18-19-32(29)35(39)41/h9-10,12-15,18-22,26,40H,6-8,11,16-17,23-24H2,1-5H3/b13-9+,25-12?,28-20?. The number of fused-ring (bicyclic) bond motifs is 1. The van der Waals surface area contributed by atoms with Gasteiger partial charge in [0.05, 0.1) is 18.8 Å². The van der Waals surface area contributed by atoms with E-state index < -0.39 is 11.7 Å². The fourth-order valence-electron chi connectivity index (χ4n) is 5.82. The lowest BCUT2D eigenvalue weighted by atomic mass is 9.93. The summed E-state index contributed by atoms with van der Waals surface area (Å²) in [5.41, 5.74) is 5.56. The molecule has 1 amide bonds. The first-order chi connectivity index (χ1) is 20.6. The number of aliphatic hydroxyl groups excluding tert-OH is 1. The highest BCUT2D eigenvalue weighted by atomic mass is 16.6. The van der Waals surface area contributed by atoms with Gasteiger partial charge in [0, 0.05) is 23.7 Å². The van der Waals surface area contributed by atoms with Gasteiger partial charge in [0.25, 0.3) is 5.56 Å². The Hall–Kier alpha value is -3.90. The Morgan fingerprint density at radius 1 is 1.12 bits per heavy atom. The van der Waals surface area contributed by atoms with Crippen molar-refractivity contribution in [1.29, 1.82) is 0 Å².